The molecule has 0 saturated heterocycles. The molecule has 0 aliphatic rings. The molecule has 6 nitrogen and oxygen atoms in total. The Morgan fingerprint density at radius 1 is 1.42 bits per heavy atom. The standard InChI is InChI=1S/C12H18BN2O4/c1-19-13-15-11(12(17)18)8-9-2-4-10(5-3-9)14-6-7-16/h2-5,11,14-16H,6-8H2,1H3,(H,17,18). The van der Waals surface area contributed by atoms with E-state index >= 15 is 0 Å². The first-order valence-corrected chi connectivity index (χ1v) is 5.94. The second-order valence-electron chi connectivity index (χ2n) is 3.96. The first kappa shape index (κ1) is 15.5. The zero-order chi connectivity index (χ0) is 14.1. The van der Waals surface area contributed by atoms with Gasteiger partial charge in [0.2, 0.25) is 0 Å². The predicted molar refractivity (Wildman–Crippen MR) is 73.0 cm³/mol. The highest BCUT2D eigenvalue weighted by molar-refractivity contribution is 6.24. The van der Waals surface area contributed by atoms with Gasteiger partial charge in [-0.3, -0.25) is 4.79 Å². The Morgan fingerprint density at radius 3 is 2.63 bits per heavy atom. The highest BCUT2D eigenvalue weighted by Gasteiger charge is 2.17. The molecule has 1 unspecified atom stereocenters. The largest absolute Gasteiger partial charge is 0.480 e. The lowest BCUT2D eigenvalue weighted by atomic mass is 10.0. The van der Waals surface area contributed by atoms with Crippen LogP contribution in [-0.2, 0) is 15.9 Å². The third-order valence-electron chi connectivity index (χ3n) is 2.52. The SMILES string of the molecule is CO[B]NC(Cc1ccc(NCCO)cc1)C(=O)O. The van der Waals surface area contributed by atoms with Gasteiger partial charge in [0.25, 0.3) is 0 Å². The molecule has 1 radical (unpaired) electrons. The minimum atomic E-state index is -0.934. The van der Waals surface area contributed by atoms with E-state index in [-0.39, 0.29) is 6.61 Å². The number of carbonyl (C=O) groups is 1. The molecule has 0 heterocycles. The molecule has 7 heteroatoms. The zero-order valence-corrected chi connectivity index (χ0v) is 10.8. The molecule has 0 aromatic heterocycles. The number of aliphatic hydroxyl groups is 1. The first-order chi connectivity index (χ1) is 9.17. The van der Waals surface area contributed by atoms with Crippen molar-refractivity contribution in [2.75, 3.05) is 25.6 Å². The van der Waals surface area contributed by atoms with Gasteiger partial charge in [-0.1, -0.05) is 12.1 Å². The molecule has 103 valence electrons. The summed E-state index contributed by atoms with van der Waals surface area (Å²) in [4.78, 5) is 11.0. The topological polar surface area (TPSA) is 90.8 Å². The van der Waals surface area contributed by atoms with Gasteiger partial charge in [-0.2, -0.15) is 0 Å². The number of hydrogen-bond donors (Lipinski definition) is 4. The summed E-state index contributed by atoms with van der Waals surface area (Å²) in [7, 11) is 2.71. The van der Waals surface area contributed by atoms with E-state index in [0.29, 0.717) is 13.0 Å². The summed E-state index contributed by atoms with van der Waals surface area (Å²) in [5.41, 5.74) is 1.79. The van der Waals surface area contributed by atoms with Crippen LogP contribution in [0.3, 0.4) is 0 Å². The van der Waals surface area contributed by atoms with Crippen LogP contribution in [0.4, 0.5) is 5.69 Å². The van der Waals surface area contributed by atoms with E-state index in [0.717, 1.165) is 11.3 Å². The molecule has 1 rings (SSSR count). The summed E-state index contributed by atoms with van der Waals surface area (Å²) in [5, 5.41) is 23.4. The van der Waals surface area contributed by atoms with Gasteiger partial charge in [0.15, 0.2) is 0 Å². The van der Waals surface area contributed by atoms with Gasteiger partial charge in [-0.25, -0.2) is 0 Å². The van der Waals surface area contributed by atoms with Crippen LogP contribution in [0.2, 0.25) is 0 Å². The third-order valence-corrected chi connectivity index (χ3v) is 2.52. The number of carboxylic acids is 1. The minimum absolute atomic E-state index is 0.0691. The van der Waals surface area contributed by atoms with Crippen molar-refractivity contribution in [3.05, 3.63) is 29.8 Å². The molecule has 0 aliphatic heterocycles. The monoisotopic (exact) mass is 265 g/mol. The van der Waals surface area contributed by atoms with E-state index in [9.17, 15) is 4.79 Å². The van der Waals surface area contributed by atoms with E-state index < -0.39 is 12.0 Å². The number of carboxylic acid groups (broad SMARTS) is 1. The van der Waals surface area contributed by atoms with Gasteiger partial charge < -0.3 is 25.4 Å². The van der Waals surface area contributed by atoms with Crippen LogP contribution in [0.5, 0.6) is 0 Å². The Balaban J connectivity index is 2.56. The van der Waals surface area contributed by atoms with Gasteiger partial charge in [0.05, 0.1) is 6.61 Å². The number of nitrogens with one attached hydrogen (secondary N) is 2. The van der Waals surface area contributed by atoms with Gasteiger partial charge >= 0.3 is 13.6 Å². The summed E-state index contributed by atoms with van der Waals surface area (Å²) in [6, 6.07) is 6.68. The highest BCUT2D eigenvalue weighted by Crippen LogP contribution is 2.11. The van der Waals surface area contributed by atoms with Crippen LogP contribution in [0.1, 0.15) is 5.56 Å². The first-order valence-electron chi connectivity index (χ1n) is 5.94. The molecule has 1 atom stereocenters. The number of aliphatic carboxylic acids is 1. The fourth-order valence-corrected chi connectivity index (χ4v) is 1.56. The lowest BCUT2D eigenvalue weighted by Gasteiger charge is -2.13. The second kappa shape index (κ2) is 8.52. The molecular weight excluding hydrogens is 247 g/mol. The summed E-state index contributed by atoms with van der Waals surface area (Å²) >= 11 is 0. The summed E-state index contributed by atoms with van der Waals surface area (Å²) in [6.07, 6.45) is 0.357. The Labute approximate surface area is 113 Å². The maximum Gasteiger partial charge on any atom is 0.396 e. The quantitative estimate of drug-likeness (QED) is 0.464. The lowest BCUT2D eigenvalue weighted by Crippen LogP contribution is -2.41. The van der Waals surface area contributed by atoms with Crippen molar-refractivity contribution in [1.29, 1.82) is 0 Å². The average molecular weight is 265 g/mol. The fraction of sp³-hybridized carbons (Fsp3) is 0.417. The van der Waals surface area contributed by atoms with Crippen LogP contribution in [0.15, 0.2) is 24.3 Å². The van der Waals surface area contributed by atoms with Crippen LogP contribution < -0.4 is 10.5 Å². The van der Waals surface area contributed by atoms with Crippen LogP contribution in [-0.4, -0.2) is 50.1 Å². The minimum Gasteiger partial charge on any atom is -0.480 e. The van der Waals surface area contributed by atoms with Crippen molar-refractivity contribution >= 4 is 19.3 Å². The molecule has 0 amide bonds. The third kappa shape index (κ3) is 5.74. The summed E-state index contributed by atoms with van der Waals surface area (Å²) < 4.78 is 4.69. The number of rotatable bonds is 9. The van der Waals surface area contributed by atoms with Crippen molar-refractivity contribution in [2.45, 2.75) is 12.5 Å². The molecule has 4 N–H and O–H groups in total. The number of anilines is 1. The van der Waals surface area contributed by atoms with E-state index in [1.807, 2.05) is 24.3 Å². The molecule has 0 spiro atoms. The Bertz CT molecular complexity index is 386. The van der Waals surface area contributed by atoms with E-state index in [1.54, 1.807) is 0 Å². The van der Waals surface area contributed by atoms with Crippen molar-refractivity contribution < 1.29 is 19.7 Å². The van der Waals surface area contributed by atoms with Crippen LogP contribution in [0.25, 0.3) is 0 Å². The maximum atomic E-state index is 11.0. The van der Waals surface area contributed by atoms with Gasteiger partial charge in [-0.05, 0) is 24.1 Å². The summed E-state index contributed by atoms with van der Waals surface area (Å²) in [6.45, 7) is 0.557. The highest BCUT2D eigenvalue weighted by atomic mass is 16.4. The normalized spacial score (nSPS) is 11.9. The average Bonchev–Trinajstić information content (AvgIpc) is 2.42. The molecule has 0 bridgehead atoms. The molecule has 1 aromatic rings. The Morgan fingerprint density at radius 2 is 2.11 bits per heavy atom. The number of benzene rings is 1. The molecule has 1 aromatic carbocycles. The van der Waals surface area contributed by atoms with Crippen LogP contribution >= 0.6 is 0 Å². The molecular formula is C12H18BN2O4. The lowest BCUT2D eigenvalue weighted by molar-refractivity contribution is -0.139. The molecule has 0 saturated carbocycles. The molecule has 0 aliphatic carbocycles. The predicted octanol–water partition coefficient (Wildman–Crippen LogP) is -0.143. The Kier molecular flexibility index (Phi) is 6.95. The smallest absolute Gasteiger partial charge is 0.396 e. The van der Waals surface area contributed by atoms with Gasteiger partial charge in [0.1, 0.15) is 6.04 Å². The number of hydrogen-bond acceptors (Lipinski definition) is 5. The van der Waals surface area contributed by atoms with Gasteiger partial charge in [0, 0.05) is 19.3 Å². The van der Waals surface area contributed by atoms with Crippen LogP contribution in [0, 0.1) is 0 Å². The van der Waals surface area contributed by atoms with Crippen molar-refractivity contribution in [2.24, 2.45) is 0 Å². The van der Waals surface area contributed by atoms with Gasteiger partial charge in [-0.15, -0.1) is 0 Å². The molecule has 19 heavy (non-hydrogen) atoms. The molecule has 0 fully saturated rings. The van der Waals surface area contributed by atoms with Crippen molar-refractivity contribution in [3.8, 4) is 0 Å². The summed E-state index contributed by atoms with van der Waals surface area (Å²) in [5.74, 6) is -0.934. The van der Waals surface area contributed by atoms with E-state index in [4.69, 9.17) is 14.9 Å². The van der Waals surface area contributed by atoms with E-state index in [2.05, 4.69) is 10.5 Å². The maximum absolute atomic E-state index is 11.0. The second-order valence-corrected chi connectivity index (χ2v) is 3.96. The zero-order valence-electron chi connectivity index (χ0n) is 10.8. The number of aliphatic hydroxyl groups excluding tert-OH is 1. The Hall–Kier alpha value is -1.57. The van der Waals surface area contributed by atoms with Crippen molar-refractivity contribution in [1.82, 2.24) is 5.23 Å². The fourth-order valence-electron chi connectivity index (χ4n) is 1.56. The van der Waals surface area contributed by atoms with E-state index in [1.165, 1.54) is 14.7 Å². The van der Waals surface area contributed by atoms with Crippen molar-refractivity contribution in [3.63, 3.8) is 0 Å².